The number of rotatable bonds is 2. The lowest BCUT2D eigenvalue weighted by Crippen LogP contribution is -2.12. The molecule has 0 saturated heterocycles. The van der Waals surface area contributed by atoms with Crippen LogP contribution < -0.4 is 5.32 Å². The molecule has 0 spiro atoms. The summed E-state index contributed by atoms with van der Waals surface area (Å²) in [7, 11) is 0. The van der Waals surface area contributed by atoms with E-state index in [1.54, 1.807) is 25.1 Å². The summed E-state index contributed by atoms with van der Waals surface area (Å²) in [5.74, 6) is -0.295. The summed E-state index contributed by atoms with van der Waals surface area (Å²) < 4.78 is 4.83. The number of para-hydroxylation sites is 1. The number of hydrogen-bond donors (Lipinski definition) is 1. The minimum absolute atomic E-state index is 0.140. The fourth-order valence-corrected chi connectivity index (χ4v) is 1.79. The second-order valence-electron chi connectivity index (χ2n) is 3.39. The molecule has 2 rings (SSSR count). The molecule has 17 heavy (non-hydrogen) atoms. The standard InChI is InChI=1S/C11H8Cl2N2O2/c1-6-5-14-17-10(6)11(16)15-9-7(12)3-2-4-8(9)13/h2-5H,1H3,(H,15,16). The molecule has 1 N–H and O–H groups in total. The number of halogens is 2. The van der Waals surface area contributed by atoms with Gasteiger partial charge >= 0.3 is 0 Å². The maximum Gasteiger partial charge on any atom is 0.294 e. The molecule has 0 aliphatic heterocycles. The zero-order valence-electron chi connectivity index (χ0n) is 8.83. The number of aryl methyl sites for hydroxylation is 1. The molecule has 6 heteroatoms. The first-order chi connectivity index (χ1) is 8.09. The molecule has 1 aromatic heterocycles. The summed E-state index contributed by atoms with van der Waals surface area (Å²) in [5.41, 5.74) is 1.00. The second-order valence-corrected chi connectivity index (χ2v) is 4.20. The average molecular weight is 271 g/mol. The van der Waals surface area contributed by atoms with Crippen molar-refractivity contribution in [3.8, 4) is 0 Å². The smallest absolute Gasteiger partial charge is 0.294 e. The van der Waals surface area contributed by atoms with Gasteiger partial charge in [0.15, 0.2) is 0 Å². The van der Waals surface area contributed by atoms with Gasteiger partial charge in [-0.15, -0.1) is 0 Å². The molecule has 0 radical (unpaired) electrons. The van der Waals surface area contributed by atoms with Crippen LogP contribution in [0.2, 0.25) is 10.0 Å². The van der Waals surface area contributed by atoms with E-state index in [1.165, 1.54) is 6.20 Å². The molecule has 0 aliphatic rings. The SMILES string of the molecule is Cc1cnoc1C(=O)Nc1c(Cl)cccc1Cl. The van der Waals surface area contributed by atoms with E-state index in [9.17, 15) is 4.79 Å². The van der Waals surface area contributed by atoms with E-state index in [1.807, 2.05) is 0 Å². The number of aromatic nitrogens is 1. The van der Waals surface area contributed by atoms with Crippen molar-refractivity contribution in [1.82, 2.24) is 5.16 Å². The third-order valence-corrected chi connectivity index (χ3v) is 2.79. The van der Waals surface area contributed by atoms with Crippen LogP contribution in [0.25, 0.3) is 0 Å². The quantitative estimate of drug-likeness (QED) is 0.908. The van der Waals surface area contributed by atoms with E-state index >= 15 is 0 Å². The highest BCUT2D eigenvalue weighted by Crippen LogP contribution is 2.30. The lowest BCUT2D eigenvalue weighted by atomic mass is 10.2. The number of amides is 1. The van der Waals surface area contributed by atoms with Gasteiger partial charge in [0, 0.05) is 5.56 Å². The van der Waals surface area contributed by atoms with Crippen LogP contribution in [-0.4, -0.2) is 11.1 Å². The Balaban J connectivity index is 2.28. The molecule has 2 aromatic rings. The number of anilines is 1. The normalized spacial score (nSPS) is 10.3. The van der Waals surface area contributed by atoms with Crippen LogP contribution in [0.5, 0.6) is 0 Å². The Kier molecular flexibility index (Phi) is 3.36. The molecule has 1 aromatic carbocycles. The van der Waals surface area contributed by atoms with E-state index in [4.69, 9.17) is 27.7 Å². The van der Waals surface area contributed by atoms with Crippen molar-refractivity contribution in [2.24, 2.45) is 0 Å². The van der Waals surface area contributed by atoms with Gasteiger partial charge in [-0.25, -0.2) is 0 Å². The molecular weight excluding hydrogens is 263 g/mol. The molecule has 0 aliphatic carbocycles. The molecule has 1 amide bonds. The first-order valence-electron chi connectivity index (χ1n) is 4.76. The highest BCUT2D eigenvalue weighted by Gasteiger charge is 2.16. The predicted octanol–water partition coefficient (Wildman–Crippen LogP) is 3.54. The summed E-state index contributed by atoms with van der Waals surface area (Å²) in [6.45, 7) is 1.72. The molecule has 0 atom stereocenters. The highest BCUT2D eigenvalue weighted by atomic mass is 35.5. The minimum atomic E-state index is -0.435. The average Bonchev–Trinajstić information content (AvgIpc) is 2.70. The fourth-order valence-electron chi connectivity index (χ4n) is 1.30. The Morgan fingerprint density at radius 2 is 2.00 bits per heavy atom. The molecule has 4 nitrogen and oxygen atoms in total. The lowest BCUT2D eigenvalue weighted by Gasteiger charge is -2.07. The van der Waals surface area contributed by atoms with Crippen LogP contribution in [0, 0.1) is 6.92 Å². The van der Waals surface area contributed by atoms with Crippen molar-refractivity contribution >= 4 is 34.8 Å². The maximum atomic E-state index is 11.8. The van der Waals surface area contributed by atoms with Gasteiger partial charge in [0.25, 0.3) is 5.91 Å². The van der Waals surface area contributed by atoms with Crippen molar-refractivity contribution in [2.45, 2.75) is 6.92 Å². The summed E-state index contributed by atoms with van der Waals surface area (Å²) in [6, 6.07) is 4.96. The van der Waals surface area contributed by atoms with Crippen molar-refractivity contribution in [2.75, 3.05) is 5.32 Å². The van der Waals surface area contributed by atoms with Crippen molar-refractivity contribution < 1.29 is 9.32 Å². The van der Waals surface area contributed by atoms with Crippen LogP contribution in [0.15, 0.2) is 28.9 Å². The Morgan fingerprint density at radius 3 is 2.53 bits per heavy atom. The van der Waals surface area contributed by atoms with E-state index in [2.05, 4.69) is 10.5 Å². The third-order valence-electron chi connectivity index (χ3n) is 2.16. The number of benzene rings is 1. The summed E-state index contributed by atoms with van der Waals surface area (Å²) in [5, 5.41) is 6.84. The zero-order chi connectivity index (χ0) is 12.4. The first-order valence-corrected chi connectivity index (χ1v) is 5.52. The molecule has 1 heterocycles. The summed E-state index contributed by atoms with van der Waals surface area (Å²) >= 11 is 11.9. The number of nitrogens with one attached hydrogen (secondary N) is 1. The van der Waals surface area contributed by atoms with Crippen LogP contribution in [0.1, 0.15) is 16.1 Å². The van der Waals surface area contributed by atoms with Gasteiger partial charge < -0.3 is 9.84 Å². The van der Waals surface area contributed by atoms with E-state index in [-0.39, 0.29) is 5.76 Å². The molecule has 0 fully saturated rings. The van der Waals surface area contributed by atoms with E-state index in [0.29, 0.717) is 21.3 Å². The first kappa shape index (κ1) is 12.0. The van der Waals surface area contributed by atoms with Gasteiger partial charge in [-0.1, -0.05) is 34.4 Å². The predicted molar refractivity (Wildman–Crippen MR) is 65.7 cm³/mol. The Labute approximate surface area is 108 Å². The molecule has 0 bridgehead atoms. The Morgan fingerprint density at radius 1 is 1.35 bits per heavy atom. The largest absolute Gasteiger partial charge is 0.351 e. The van der Waals surface area contributed by atoms with Gasteiger partial charge in [0.05, 0.1) is 21.9 Å². The zero-order valence-corrected chi connectivity index (χ0v) is 10.3. The van der Waals surface area contributed by atoms with Crippen LogP contribution in [0.3, 0.4) is 0 Å². The summed E-state index contributed by atoms with van der Waals surface area (Å²) in [6.07, 6.45) is 1.46. The fraction of sp³-hybridized carbons (Fsp3) is 0.0909. The van der Waals surface area contributed by atoms with E-state index < -0.39 is 5.91 Å². The molecule has 88 valence electrons. The lowest BCUT2D eigenvalue weighted by molar-refractivity contribution is 0.0987. The van der Waals surface area contributed by atoms with Gasteiger partial charge in [-0.3, -0.25) is 4.79 Å². The van der Waals surface area contributed by atoms with Crippen LogP contribution in [-0.2, 0) is 0 Å². The van der Waals surface area contributed by atoms with Gasteiger partial charge in [0.1, 0.15) is 0 Å². The summed E-state index contributed by atoms with van der Waals surface area (Å²) in [4.78, 5) is 11.8. The van der Waals surface area contributed by atoms with E-state index in [0.717, 1.165) is 0 Å². The van der Waals surface area contributed by atoms with Crippen molar-refractivity contribution in [3.63, 3.8) is 0 Å². The Bertz CT molecular complexity index is 546. The number of carbonyl (C=O) groups is 1. The second kappa shape index (κ2) is 4.77. The topological polar surface area (TPSA) is 55.1 Å². The van der Waals surface area contributed by atoms with Crippen LogP contribution >= 0.6 is 23.2 Å². The monoisotopic (exact) mass is 270 g/mol. The van der Waals surface area contributed by atoms with Crippen molar-refractivity contribution in [3.05, 3.63) is 45.8 Å². The van der Waals surface area contributed by atoms with Crippen molar-refractivity contribution in [1.29, 1.82) is 0 Å². The van der Waals surface area contributed by atoms with Gasteiger partial charge in [0.2, 0.25) is 5.76 Å². The third kappa shape index (κ3) is 2.43. The number of nitrogens with zero attached hydrogens (tertiary/aromatic N) is 1. The molecule has 0 unspecified atom stereocenters. The number of hydrogen-bond acceptors (Lipinski definition) is 3. The van der Waals surface area contributed by atoms with Gasteiger partial charge in [-0.05, 0) is 19.1 Å². The van der Waals surface area contributed by atoms with Crippen LogP contribution in [0.4, 0.5) is 5.69 Å². The van der Waals surface area contributed by atoms with Gasteiger partial charge in [-0.2, -0.15) is 0 Å². The molecule has 0 saturated carbocycles. The minimum Gasteiger partial charge on any atom is -0.351 e. The molecular formula is C11H8Cl2N2O2. The highest BCUT2D eigenvalue weighted by molar-refractivity contribution is 6.39. The Hall–Kier alpha value is -1.52. The maximum absolute atomic E-state index is 11.8. The number of carbonyl (C=O) groups excluding carboxylic acids is 1.